The highest BCUT2D eigenvalue weighted by Gasteiger charge is 2.29. The van der Waals surface area contributed by atoms with Crippen LogP contribution in [-0.2, 0) is 4.74 Å². The van der Waals surface area contributed by atoms with Gasteiger partial charge in [0.15, 0.2) is 0 Å². The number of alkyl carbamates (subject to hydrolysis) is 1. The molecule has 3 nitrogen and oxygen atoms in total. The highest BCUT2D eigenvalue weighted by atomic mass is 16.5. The number of ether oxygens (including phenoxy) is 1. The Morgan fingerprint density at radius 3 is 1.65 bits per heavy atom. The summed E-state index contributed by atoms with van der Waals surface area (Å²) in [6.45, 7) is 0.302. The Morgan fingerprint density at radius 2 is 1.13 bits per heavy atom. The number of hydrogen-bond acceptors (Lipinski definition) is 2. The van der Waals surface area contributed by atoms with Gasteiger partial charge >= 0.3 is 6.09 Å². The molecule has 1 amide bonds. The predicted octanol–water partition coefficient (Wildman–Crippen LogP) is 6.31. The first-order valence-electron chi connectivity index (χ1n) is 10.5. The second kappa shape index (κ2) is 8.49. The number of hydrogen-bond donors (Lipinski definition) is 1. The van der Waals surface area contributed by atoms with E-state index >= 15 is 0 Å². The van der Waals surface area contributed by atoms with Crippen molar-refractivity contribution in [1.82, 2.24) is 5.32 Å². The lowest BCUT2D eigenvalue weighted by Crippen LogP contribution is -2.31. The number of rotatable bonds is 5. The number of carbonyl (C=O) groups is 1. The Balaban J connectivity index is 1.35. The largest absolute Gasteiger partial charge is 0.449 e. The van der Waals surface area contributed by atoms with Crippen LogP contribution >= 0.6 is 0 Å². The van der Waals surface area contributed by atoms with E-state index < -0.39 is 6.09 Å². The Kier molecular flexibility index (Phi) is 5.24. The molecule has 0 spiro atoms. The average Bonchev–Trinajstić information content (AvgIpc) is 3.16. The maximum absolute atomic E-state index is 12.8. The minimum absolute atomic E-state index is 0.0463. The highest BCUT2D eigenvalue weighted by Crippen LogP contribution is 2.44. The van der Waals surface area contributed by atoms with Gasteiger partial charge in [0, 0.05) is 5.92 Å². The third kappa shape index (κ3) is 3.82. The highest BCUT2D eigenvalue weighted by molar-refractivity contribution is 5.79. The van der Waals surface area contributed by atoms with Crippen LogP contribution in [0.5, 0.6) is 0 Å². The first kappa shape index (κ1) is 19.1. The molecule has 4 aromatic carbocycles. The molecule has 0 aromatic heterocycles. The number of carbonyl (C=O) groups excluding carboxylic acids is 1. The molecule has 0 aliphatic heterocycles. The van der Waals surface area contributed by atoms with E-state index in [2.05, 4.69) is 41.7 Å². The monoisotopic (exact) mass is 405 g/mol. The molecule has 3 heteroatoms. The standard InChI is InChI=1S/C28H23NO2/c30-28(29-27(20-11-3-1-4-12-20)21-13-5-2-6-14-21)31-19-26-24-17-9-7-15-22(24)23-16-8-10-18-25(23)26/h1-18,26-27H,19H2,(H,29,30). The summed E-state index contributed by atoms with van der Waals surface area (Å²) in [5, 5.41) is 3.06. The normalized spacial score (nSPS) is 12.3. The fourth-order valence-corrected chi connectivity index (χ4v) is 4.41. The first-order valence-corrected chi connectivity index (χ1v) is 10.5. The van der Waals surface area contributed by atoms with Crippen LogP contribution in [0.2, 0.25) is 0 Å². The number of fused-ring (bicyclic) bond motifs is 3. The van der Waals surface area contributed by atoms with Crippen LogP contribution in [0.3, 0.4) is 0 Å². The van der Waals surface area contributed by atoms with E-state index in [-0.39, 0.29) is 12.0 Å². The smallest absolute Gasteiger partial charge is 0.407 e. The Hall–Kier alpha value is -3.85. The molecule has 5 rings (SSSR count). The third-order valence-electron chi connectivity index (χ3n) is 5.87. The van der Waals surface area contributed by atoms with E-state index in [1.165, 1.54) is 22.3 Å². The van der Waals surface area contributed by atoms with Crippen molar-refractivity contribution in [2.75, 3.05) is 6.61 Å². The van der Waals surface area contributed by atoms with Gasteiger partial charge in [-0.05, 0) is 33.4 Å². The molecule has 31 heavy (non-hydrogen) atoms. The van der Waals surface area contributed by atoms with Crippen molar-refractivity contribution in [3.05, 3.63) is 131 Å². The molecule has 0 saturated carbocycles. The maximum Gasteiger partial charge on any atom is 0.407 e. The van der Waals surface area contributed by atoms with E-state index in [4.69, 9.17) is 4.74 Å². The quantitative estimate of drug-likeness (QED) is 0.422. The summed E-state index contributed by atoms with van der Waals surface area (Å²) in [6.07, 6.45) is -0.417. The number of benzene rings is 4. The van der Waals surface area contributed by atoms with Crippen molar-refractivity contribution in [3.8, 4) is 11.1 Å². The van der Waals surface area contributed by atoms with Crippen molar-refractivity contribution in [1.29, 1.82) is 0 Å². The van der Waals surface area contributed by atoms with Crippen LogP contribution in [-0.4, -0.2) is 12.7 Å². The summed E-state index contributed by atoms with van der Waals surface area (Å²) >= 11 is 0. The third-order valence-corrected chi connectivity index (χ3v) is 5.87. The second-order valence-electron chi connectivity index (χ2n) is 7.72. The zero-order valence-corrected chi connectivity index (χ0v) is 17.1. The Morgan fingerprint density at radius 1 is 0.677 bits per heavy atom. The first-order chi connectivity index (χ1) is 15.3. The van der Waals surface area contributed by atoms with E-state index in [0.29, 0.717) is 6.61 Å². The molecule has 0 bridgehead atoms. The molecule has 4 aromatic rings. The van der Waals surface area contributed by atoms with Crippen molar-refractivity contribution >= 4 is 6.09 Å². The summed E-state index contributed by atoms with van der Waals surface area (Å²) in [6, 6.07) is 36.3. The SMILES string of the molecule is O=C(NC(c1ccccc1)c1ccccc1)OCC1c2ccccc2-c2ccccc21. The Bertz CT molecular complexity index is 1100. The average molecular weight is 405 g/mol. The van der Waals surface area contributed by atoms with Crippen LogP contribution in [0.15, 0.2) is 109 Å². The summed E-state index contributed by atoms with van der Waals surface area (Å²) in [5.41, 5.74) is 6.89. The molecule has 0 heterocycles. The van der Waals surface area contributed by atoms with Gasteiger partial charge in [-0.25, -0.2) is 4.79 Å². The number of nitrogens with one attached hydrogen (secondary N) is 1. The van der Waals surface area contributed by atoms with E-state index in [0.717, 1.165) is 11.1 Å². The molecule has 0 radical (unpaired) electrons. The molecule has 0 unspecified atom stereocenters. The van der Waals surface area contributed by atoms with Gasteiger partial charge in [-0.3, -0.25) is 0 Å². The molecule has 0 atom stereocenters. The van der Waals surface area contributed by atoms with Gasteiger partial charge in [0.25, 0.3) is 0 Å². The van der Waals surface area contributed by atoms with Crippen molar-refractivity contribution in [2.24, 2.45) is 0 Å². The lowest BCUT2D eigenvalue weighted by Gasteiger charge is -2.21. The van der Waals surface area contributed by atoms with Crippen LogP contribution in [0.1, 0.15) is 34.2 Å². The maximum atomic E-state index is 12.8. The molecule has 0 saturated heterocycles. The molecule has 1 aliphatic rings. The fourth-order valence-electron chi connectivity index (χ4n) is 4.41. The molecule has 1 aliphatic carbocycles. The zero-order valence-electron chi connectivity index (χ0n) is 17.1. The van der Waals surface area contributed by atoms with Crippen LogP contribution in [0.4, 0.5) is 4.79 Å². The van der Waals surface area contributed by atoms with Gasteiger partial charge in [0.1, 0.15) is 6.61 Å². The minimum atomic E-state index is -0.417. The second-order valence-corrected chi connectivity index (χ2v) is 7.72. The van der Waals surface area contributed by atoms with Crippen molar-refractivity contribution in [3.63, 3.8) is 0 Å². The molecule has 152 valence electrons. The molecule has 1 N–H and O–H groups in total. The lowest BCUT2D eigenvalue weighted by atomic mass is 9.98. The molecular weight excluding hydrogens is 382 g/mol. The van der Waals surface area contributed by atoms with E-state index in [9.17, 15) is 4.79 Å². The lowest BCUT2D eigenvalue weighted by molar-refractivity contribution is 0.140. The van der Waals surface area contributed by atoms with Gasteiger partial charge in [0.05, 0.1) is 6.04 Å². The van der Waals surface area contributed by atoms with Gasteiger partial charge in [-0.2, -0.15) is 0 Å². The minimum Gasteiger partial charge on any atom is -0.449 e. The predicted molar refractivity (Wildman–Crippen MR) is 123 cm³/mol. The summed E-state index contributed by atoms with van der Waals surface area (Å²) in [4.78, 5) is 12.8. The van der Waals surface area contributed by atoms with Gasteiger partial charge in [-0.15, -0.1) is 0 Å². The summed E-state index contributed by atoms with van der Waals surface area (Å²) in [7, 11) is 0. The zero-order chi connectivity index (χ0) is 21.0. The van der Waals surface area contributed by atoms with Crippen molar-refractivity contribution < 1.29 is 9.53 Å². The van der Waals surface area contributed by atoms with Crippen LogP contribution in [0.25, 0.3) is 11.1 Å². The summed E-state index contributed by atoms with van der Waals surface area (Å²) < 4.78 is 5.76. The van der Waals surface area contributed by atoms with Crippen LogP contribution < -0.4 is 5.32 Å². The molecule has 0 fully saturated rings. The van der Waals surface area contributed by atoms with Crippen molar-refractivity contribution in [2.45, 2.75) is 12.0 Å². The van der Waals surface area contributed by atoms with E-state index in [1.807, 2.05) is 72.8 Å². The van der Waals surface area contributed by atoms with Gasteiger partial charge in [0.2, 0.25) is 0 Å². The fraction of sp³-hybridized carbons (Fsp3) is 0.107. The Labute approximate surface area is 182 Å². The summed E-state index contributed by atoms with van der Waals surface area (Å²) in [5.74, 6) is 0.0463. The topological polar surface area (TPSA) is 38.3 Å². The van der Waals surface area contributed by atoms with Gasteiger partial charge < -0.3 is 10.1 Å². The van der Waals surface area contributed by atoms with Gasteiger partial charge in [-0.1, -0.05) is 109 Å². The molecular formula is C28H23NO2. The van der Waals surface area contributed by atoms with Crippen LogP contribution in [0, 0.1) is 0 Å². The van der Waals surface area contributed by atoms with E-state index in [1.54, 1.807) is 0 Å². The number of amides is 1.